The second kappa shape index (κ2) is 7.81. The lowest BCUT2D eigenvalue weighted by Crippen LogP contribution is -2.49. The van der Waals surface area contributed by atoms with Gasteiger partial charge in [-0.15, -0.1) is 0 Å². The maximum atomic E-state index is 12.1. The fourth-order valence-corrected chi connectivity index (χ4v) is 2.58. The molecular weight excluding hydrogens is 318 g/mol. The summed E-state index contributed by atoms with van der Waals surface area (Å²) in [6.07, 6.45) is 0. The molecule has 0 atom stereocenters. The van der Waals surface area contributed by atoms with Crippen molar-refractivity contribution in [2.45, 2.75) is 6.92 Å². The maximum absolute atomic E-state index is 12.1. The Balaban J connectivity index is 1.52. The highest BCUT2D eigenvalue weighted by atomic mass is 16.5. The topological polar surface area (TPSA) is 70.7 Å². The number of hydrogen-bond acceptors (Lipinski definition) is 4. The first-order chi connectivity index (χ1) is 12.1. The molecule has 1 aliphatic rings. The highest BCUT2D eigenvalue weighted by Crippen LogP contribution is 2.23. The summed E-state index contributed by atoms with van der Waals surface area (Å²) >= 11 is 0. The molecule has 0 spiro atoms. The number of nitrogens with zero attached hydrogens (tertiary/aromatic N) is 1. The summed E-state index contributed by atoms with van der Waals surface area (Å²) in [5.74, 6) is 1.29. The van der Waals surface area contributed by atoms with Crippen molar-refractivity contribution >= 4 is 17.5 Å². The van der Waals surface area contributed by atoms with E-state index in [1.165, 1.54) is 5.56 Å². The SMILES string of the molecule is Cc1ccc(Oc2ccc(NC(=O)CN3CCNC(=O)C3)cc2)cc1. The Morgan fingerprint density at radius 1 is 1.12 bits per heavy atom. The standard InChI is InChI=1S/C19H21N3O3/c1-14-2-6-16(7-3-14)25-17-8-4-15(5-9-17)21-19(24)13-22-11-10-20-18(23)12-22/h2-9H,10-13H2,1H3,(H,20,23)(H,21,24). The molecule has 2 aromatic rings. The zero-order valence-electron chi connectivity index (χ0n) is 14.1. The number of anilines is 1. The van der Waals surface area contributed by atoms with Gasteiger partial charge in [-0.25, -0.2) is 0 Å². The van der Waals surface area contributed by atoms with Gasteiger partial charge < -0.3 is 15.4 Å². The Labute approximate surface area is 146 Å². The Kier molecular flexibility index (Phi) is 5.30. The fourth-order valence-electron chi connectivity index (χ4n) is 2.58. The predicted molar refractivity (Wildman–Crippen MR) is 95.8 cm³/mol. The van der Waals surface area contributed by atoms with Crippen molar-refractivity contribution in [3.8, 4) is 11.5 Å². The van der Waals surface area contributed by atoms with Crippen LogP contribution in [0.15, 0.2) is 48.5 Å². The lowest BCUT2D eigenvalue weighted by atomic mass is 10.2. The average Bonchev–Trinajstić information content (AvgIpc) is 2.59. The van der Waals surface area contributed by atoms with E-state index in [1.54, 1.807) is 12.1 Å². The predicted octanol–water partition coefficient (Wildman–Crippen LogP) is 2.16. The Morgan fingerprint density at radius 2 is 1.76 bits per heavy atom. The van der Waals surface area contributed by atoms with Gasteiger partial charge in [0.05, 0.1) is 13.1 Å². The molecule has 1 heterocycles. The Bertz CT molecular complexity index is 742. The molecule has 1 fully saturated rings. The maximum Gasteiger partial charge on any atom is 0.238 e. The van der Waals surface area contributed by atoms with E-state index >= 15 is 0 Å². The third-order valence-electron chi connectivity index (χ3n) is 3.88. The van der Waals surface area contributed by atoms with Gasteiger partial charge in [-0.2, -0.15) is 0 Å². The van der Waals surface area contributed by atoms with Gasteiger partial charge in [0.2, 0.25) is 11.8 Å². The molecule has 1 saturated heterocycles. The summed E-state index contributed by atoms with van der Waals surface area (Å²) in [4.78, 5) is 25.2. The van der Waals surface area contributed by atoms with E-state index in [0.29, 0.717) is 24.5 Å². The second-order valence-corrected chi connectivity index (χ2v) is 6.05. The molecule has 2 aromatic carbocycles. The third kappa shape index (κ3) is 5.06. The number of carbonyl (C=O) groups excluding carboxylic acids is 2. The molecular formula is C19H21N3O3. The number of nitrogens with one attached hydrogen (secondary N) is 2. The van der Waals surface area contributed by atoms with Crippen molar-refractivity contribution in [1.29, 1.82) is 0 Å². The lowest BCUT2D eigenvalue weighted by Gasteiger charge is -2.25. The summed E-state index contributed by atoms with van der Waals surface area (Å²) in [5.41, 5.74) is 1.87. The molecule has 6 nitrogen and oxygen atoms in total. The van der Waals surface area contributed by atoms with Crippen LogP contribution >= 0.6 is 0 Å². The normalized spacial score (nSPS) is 14.7. The minimum absolute atomic E-state index is 0.0448. The zero-order valence-corrected chi connectivity index (χ0v) is 14.1. The Morgan fingerprint density at radius 3 is 2.40 bits per heavy atom. The van der Waals surface area contributed by atoms with Gasteiger partial charge in [-0.1, -0.05) is 17.7 Å². The fraction of sp³-hybridized carbons (Fsp3) is 0.263. The van der Waals surface area contributed by atoms with Crippen LogP contribution < -0.4 is 15.4 Å². The first-order valence-electron chi connectivity index (χ1n) is 8.22. The van der Waals surface area contributed by atoms with Crippen molar-refractivity contribution in [2.75, 3.05) is 31.5 Å². The molecule has 0 aromatic heterocycles. The number of hydrogen-bond donors (Lipinski definition) is 2. The molecule has 0 aliphatic carbocycles. The minimum Gasteiger partial charge on any atom is -0.457 e. The van der Waals surface area contributed by atoms with Gasteiger partial charge >= 0.3 is 0 Å². The van der Waals surface area contributed by atoms with Gasteiger partial charge in [-0.05, 0) is 43.3 Å². The van der Waals surface area contributed by atoms with Crippen LogP contribution in [0.4, 0.5) is 5.69 Å². The molecule has 0 radical (unpaired) electrons. The summed E-state index contributed by atoms with van der Waals surface area (Å²) in [6, 6.07) is 15.0. The monoisotopic (exact) mass is 339 g/mol. The number of benzene rings is 2. The molecule has 1 aliphatic heterocycles. The van der Waals surface area contributed by atoms with E-state index in [-0.39, 0.29) is 24.9 Å². The van der Waals surface area contributed by atoms with E-state index in [9.17, 15) is 9.59 Å². The number of aryl methyl sites for hydroxylation is 1. The summed E-state index contributed by atoms with van der Waals surface area (Å²) in [7, 11) is 0. The molecule has 2 N–H and O–H groups in total. The number of amides is 2. The number of carbonyl (C=O) groups is 2. The number of piperazine rings is 1. The molecule has 0 bridgehead atoms. The smallest absolute Gasteiger partial charge is 0.238 e. The first-order valence-corrected chi connectivity index (χ1v) is 8.22. The van der Waals surface area contributed by atoms with Gasteiger partial charge in [0.25, 0.3) is 0 Å². The van der Waals surface area contributed by atoms with Crippen LogP contribution in [0.1, 0.15) is 5.56 Å². The van der Waals surface area contributed by atoms with Crippen LogP contribution in [-0.2, 0) is 9.59 Å². The number of rotatable bonds is 5. The van der Waals surface area contributed by atoms with Crippen molar-refractivity contribution in [2.24, 2.45) is 0 Å². The van der Waals surface area contributed by atoms with E-state index in [0.717, 1.165) is 5.75 Å². The lowest BCUT2D eigenvalue weighted by molar-refractivity contribution is -0.125. The summed E-state index contributed by atoms with van der Waals surface area (Å²) in [6.45, 7) is 3.75. The highest BCUT2D eigenvalue weighted by Gasteiger charge is 2.18. The van der Waals surface area contributed by atoms with Crippen LogP contribution in [0.3, 0.4) is 0 Å². The van der Waals surface area contributed by atoms with E-state index < -0.39 is 0 Å². The first kappa shape index (κ1) is 17.0. The molecule has 0 unspecified atom stereocenters. The van der Waals surface area contributed by atoms with E-state index in [4.69, 9.17) is 4.74 Å². The van der Waals surface area contributed by atoms with E-state index in [2.05, 4.69) is 10.6 Å². The molecule has 130 valence electrons. The van der Waals surface area contributed by atoms with Crippen molar-refractivity contribution in [3.63, 3.8) is 0 Å². The highest BCUT2D eigenvalue weighted by molar-refractivity contribution is 5.92. The van der Waals surface area contributed by atoms with E-state index in [1.807, 2.05) is 48.2 Å². The largest absolute Gasteiger partial charge is 0.457 e. The quantitative estimate of drug-likeness (QED) is 0.876. The molecule has 25 heavy (non-hydrogen) atoms. The molecule has 2 amide bonds. The Hall–Kier alpha value is -2.86. The molecule has 3 rings (SSSR count). The van der Waals surface area contributed by atoms with Crippen LogP contribution in [-0.4, -0.2) is 42.9 Å². The van der Waals surface area contributed by atoms with Gasteiger partial charge in [-0.3, -0.25) is 14.5 Å². The van der Waals surface area contributed by atoms with Crippen molar-refractivity contribution in [3.05, 3.63) is 54.1 Å². The van der Waals surface area contributed by atoms with Crippen molar-refractivity contribution in [1.82, 2.24) is 10.2 Å². The average molecular weight is 339 g/mol. The summed E-state index contributed by atoms with van der Waals surface area (Å²) < 4.78 is 5.76. The van der Waals surface area contributed by atoms with Crippen LogP contribution in [0.25, 0.3) is 0 Å². The van der Waals surface area contributed by atoms with Crippen LogP contribution in [0.2, 0.25) is 0 Å². The zero-order chi connectivity index (χ0) is 17.6. The second-order valence-electron chi connectivity index (χ2n) is 6.05. The molecule has 6 heteroatoms. The summed E-state index contributed by atoms with van der Waals surface area (Å²) in [5, 5.41) is 5.57. The third-order valence-corrected chi connectivity index (χ3v) is 3.88. The van der Waals surface area contributed by atoms with Crippen LogP contribution in [0.5, 0.6) is 11.5 Å². The van der Waals surface area contributed by atoms with Crippen molar-refractivity contribution < 1.29 is 14.3 Å². The van der Waals surface area contributed by atoms with Gasteiger partial charge in [0, 0.05) is 18.8 Å². The minimum atomic E-state index is -0.137. The molecule has 0 saturated carbocycles. The van der Waals surface area contributed by atoms with Gasteiger partial charge in [0.1, 0.15) is 11.5 Å². The van der Waals surface area contributed by atoms with Crippen LogP contribution in [0, 0.1) is 6.92 Å². The number of ether oxygens (including phenoxy) is 1. The van der Waals surface area contributed by atoms with Gasteiger partial charge in [0.15, 0.2) is 0 Å².